The molecule has 1 saturated heterocycles. The van der Waals surface area contributed by atoms with Crippen LogP contribution in [0.5, 0.6) is 5.75 Å². The maximum Gasteiger partial charge on any atom is 0.321 e. The molecule has 1 fully saturated rings. The summed E-state index contributed by atoms with van der Waals surface area (Å²) in [5.41, 5.74) is 5.97. The molecule has 0 aliphatic carbocycles. The minimum absolute atomic E-state index is 0.327. The maximum absolute atomic E-state index is 11.1. The van der Waals surface area contributed by atoms with Gasteiger partial charge in [0.2, 0.25) is 0 Å². The molecule has 2 rings (SSSR count). The van der Waals surface area contributed by atoms with Gasteiger partial charge in [0, 0.05) is 0 Å². The Bertz CT molecular complexity index is 428. The first kappa shape index (κ1) is 11.9. The molecule has 0 amide bonds. The Labute approximate surface area is 99.1 Å². The predicted molar refractivity (Wildman–Crippen MR) is 61.1 cm³/mol. The van der Waals surface area contributed by atoms with E-state index in [0.29, 0.717) is 19.0 Å². The van der Waals surface area contributed by atoms with Crippen LogP contribution in [0.2, 0.25) is 0 Å². The largest absolute Gasteiger partial charge is 0.497 e. The molecule has 0 aromatic heterocycles. The fourth-order valence-electron chi connectivity index (χ4n) is 2.02. The average molecular weight is 237 g/mol. The van der Waals surface area contributed by atoms with Crippen molar-refractivity contribution in [1.82, 2.24) is 0 Å². The van der Waals surface area contributed by atoms with Crippen LogP contribution < -0.4 is 10.5 Å². The number of benzene rings is 1. The van der Waals surface area contributed by atoms with Crippen molar-refractivity contribution in [1.29, 1.82) is 0 Å². The molecule has 5 heteroatoms. The number of carboxylic acids is 1. The second-order valence-electron chi connectivity index (χ2n) is 4.20. The summed E-state index contributed by atoms with van der Waals surface area (Å²) < 4.78 is 10.3. The van der Waals surface area contributed by atoms with E-state index in [1.165, 1.54) is 0 Å². The van der Waals surface area contributed by atoms with E-state index in [1.807, 2.05) is 24.3 Å². The third-order valence-electron chi connectivity index (χ3n) is 3.23. The Morgan fingerprint density at radius 1 is 1.59 bits per heavy atom. The van der Waals surface area contributed by atoms with Gasteiger partial charge in [-0.05, 0) is 17.7 Å². The number of ether oxygens (including phenoxy) is 2. The van der Waals surface area contributed by atoms with E-state index in [1.54, 1.807) is 7.11 Å². The number of nitrogens with two attached hydrogens (primary N) is 1. The molecule has 1 aromatic rings. The van der Waals surface area contributed by atoms with E-state index in [-0.39, 0.29) is 0 Å². The van der Waals surface area contributed by atoms with E-state index < -0.39 is 17.4 Å². The number of aliphatic carboxylic acids is 1. The van der Waals surface area contributed by atoms with Gasteiger partial charge in [-0.15, -0.1) is 0 Å². The molecule has 92 valence electrons. The second kappa shape index (κ2) is 4.35. The molecule has 1 atom stereocenters. The first-order valence-corrected chi connectivity index (χ1v) is 5.31. The van der Waals surface area contributed by atoms with E-state index >= 15 is 0 Å². The Morgan fingerprint density at radius 2 is 2.29 bits per heavy atom. The zero-order valence-corrected chi connectivity index (χ0v) is 9.55. The molecule has 1 aliphatic rings. The fourth-order valence-corrected chi connectivity index (χ4v) is 2.02. The van der Waals surface area contributed by atoms with Gasteiger partial charge >= 0.3 is 5.97 Å². The van der Waals surface area contributed by atoms with Crippen molar-refractivity contribution in [3.8, 4) is 5.75 Å². The minimum atomic E-state index is -1.02. The van der Waals surface area contributed by atoms with Crippen molar-refractivity contribution in [3.05, 3.63) is 29.8 Å². The third kappa shape index (κ3) is 1.87. The van der Waals surface area contributed by atoms with Gasteiger partial charge in [-0.3, -0.25) is 4.79 Å². The topological polar surface area (TPSA) is 81.8 Å². The Morgan fingerprint density at radius 3 is 2.76 bits per heavy atom. The lowest BCUT2D eigenvalue weighted by Crippen LogP contribution is -2.61. The second-order valence-corrected chi connectivity index (χ2v) is 4.20. The van der Waals surface area contributed by atoms with Crippen LogP contribution in [0.4, 0.5) is 0 Å². The summed E-state index contributed by atoms with van der Waals surface area (Å²) in [4.78, 5) is 11.1. The number of methoxy groups -OCH3 is 1. The highest BCUT2D eigenvalue weighted by Gasteiger charge is 2.49. The maximum atomic E-state index is 11.1. The Kier molecular flexibility index (Phi) is 3.04. The van der Waals surface area contributed by atoms with Crippen LogP contribution in [0, 0.1) is 0 Å². The smallest absolute Gasteiger partial charge is 0.321 e. The number of carboxylic acid groups (broad SMARTS) is 1. The fraction of sp³-hybridized carbons (Fsp3) is 0.417. The molecular formula is C12H15NO4. The number of carbonyl (C=O) groups is 1. The number of rotatable bonds is 4. The SMILES string of the molecule is COc1cccc(C2(C(N)C(=O)O)COC2)c1. The number of hydrogen-bond donors (Lipinski definition) is 2. The van der Waals surface area contributed by atoms with Crippen molar-refractivity contribution < 1.29 is 19.4 Å². The van der Waals surface area contributed by atoms with Gasteiger partial charge in [-0.1, -0.05) is 12.1 Å². The molecule has 5 nitrogen and oxygen atoms in total. The molecule has 0 saturated carbocycles. The monoisotopic (exact) mass is 237 g/mol. The van der Waals surface area contributed by atoms with Gasteiger partial charge in [0.15, 0.2) is 0 Å². The lowest BCUT2D eigenvalue weighted by Gasteiger charge is -2.44. The van der Waals surface area contributed by atoms with Crippen LogP contribution in [-0.2, 0) is 14.9 Å². The summed E-state index contributed by atoms with van der Waals surface area (Å²) >= 11 is 0. The van der Waals surface area contributed by atoms with Gasteiger partial charge in [0.05, 0.1) is 25.7 Å². The molecule has 0 bridgehead atoms. The quantitative estimate of drug-likeness (QED) is 0.791. The summed E-state index contributed by atoms with van der Waals surface area (Å²) in [7, 11) is 1.57. The Balaban J connectivity index is 2.37. The Hall–Kier alpha value is -1.59. The lowest BCUT2D eigenvalue weighted by atomic mass is 9.72. The molecule has 0 spiro atoms. The summed E-state index contributed by atoms with van der Waals surface area (Å²) in [6.45, 7) is 0.654. The van der Waals surface area contributed by atoms with Crippen LogP contribution in [0.25, 0.3) is 0 Å². The average Bonchev–Trinajstić information content (AvgIpc) is 2.27. The summed E-state index contributed by atoms with van der Waals surface area (Å²) in [5, 5.41) is 9.06. The lowest BCUT2D eigenvalue weighted by molar-refractivity contribution is -0.148. The van der Waals surface area contributed by atoms with Crippen LogP contribution in [-0.4, -0.2) is 37.4 Å². The van der Waals surface area contributed by atoms with Crippen molar-refractivity contribution in [2.45, 2.75) is 11.5 Å². The molecule has 3 N–H and O–H groups in total. The summed E-state index contributed by atoms with van der Waals surface area (Å²) in [5.74, 6) is -0.331. The van der Waals surface area contributed by atoms with Gasteiger partial charge in [-0.25, -0.2) is 0 Å². The van der Waals surface area contributed by atoms with E-state index in [4.69, 9.17) is 20.3 Å². The normalized spacial score (nSPS) is 19.2. The molecule has 1 aliphatic heterocycles. The molecular weight excluding hydrogens is 222 g/mol. The summed E-state index contributed by atoms with van der Waals surface area (Å²) in [6, 6.07) is 6.33. The van der Waals surface area contributed by atoms with E-state index in [2.05, 4.69) is 0 Å². The van der Waals surface area contributed by atoms with Crippen molar-refractivity contribution in [3.63, 3.8) is 0 Å². The van der Waals surface area contributed by atoms with Gasteiger partial charge in [0.25, 0.3) is 0 Å². The highest BCUT2D eigenvalue weighted by molar-refractivity contribution is 5.76. The van der Waals surface area contributed by atoms with Gasteiger partial charge in [0.1, 0.15) is 11.8 Å². The highest BCUT2D eigenvalue weighted by Crippen LogP contribution is 2.36. The molecule has 17 heavy (non-hydrogen) atoms. The molecule has 1 unspecified atom stereocenters. The molecule has 0 radical (unpaired) electrons. The minimum Gasteiger partial charge on any atom is -0.497 e. The first-order valence-electron chi connectivity index (χ1n) is 5.31. The highest BCUT2D eigenvalue weighted by atomic mass is 16.5. The van der Waals surface area contributed by atoms with Crippen LogP contribution in [0.15, 0.2) is 24.3 Å². The third-order valence-corrected chi connectivity index (χ3v) is 3.23. The van der Waals surface area contributed by atoms with Crippen molar-refractivity contribution >= 4 is 5.97 Å². The van der Waals surface area contributed by atoms with Gasteiger partial charge < -0.3 is 20.3 Å². The summed E-state index contributed by atoms with van der Waals surface area (Å²) in [6.07, 6.45) is 0. The van der Waals surface area contributed by atoms with Gasteiger partial charge in [-0.2, -0.15) is 0 Å². The van der Waals surface area contributed by atoms with Crippen LogP contribution in [0.3, 0.4) is 0 Å². The first-order chi connectivity index (χ1) is 8.10. The van der Waals surface area contributed by atoms with Crippen LogP contribution in [0.1, 0.15) is 5.56 Å². The zero-order chi connectivity index (χ0) is 12.5. The van der Waals surface area contributed by atoms with Crippen molar-refractivity contribution in [2.75, 3.05) is 20.3 Å². The standard InChI is InChI=1S/C12H15NO4/c1-16-9-4-2-3-8(5-9)12(6-17-7-12)10(13)11(14)15/h2-5,10H,6-7,13H2,1H3,(H,14,15). The van der Waals surface area contributed by atoms with Crippen molar-refractivity contribution in [2.24, 2.45) is 5.73 Å². The van der Waals surface area contributed by atoms with E-state index in [0.717, 1.165) is 5.56 Å². The van der Waals surface area contributed by atoms with E-state index in [9.17, 15) is 4.79 Å². The number of hydrogen-bond acceptors (Lipinski definition) is 4. The molecule has 1 heterocycles. The van der Waals surface area contributed by atoms with Crippen LogP contribution >= 0.6 is 0 Å². The zero-order valence-electron chi connectivity index (χ0n) is 9.55. The predicted octanol–water partition coefficient (Wildman–Crippen LogP) is 0.375. The molecule has 1 aromatic carbocycles.